The monoisotopic (exact) mass is 345 g/mol. The number of nitrogens with zero attached hydrogens (tertiary/aromatic N) is 3. The van der Waals surface area contributed by atoms with Gasteiger partial charge in [-0.3, -0.25) is 9.58 Å². The van der Waals surface area contributed by atoms with Crippen LogP contribution in [-0.2, 0) is 22.6 Å². The molecule has 6 nitrogen and oxygen atoms in total. The molecule has 0 bridgehead atoms. The molecule has 0 aliphatic carbocycles. The first kappa shape index (κ1) is 16.8. The summed E-state index contributed by atoms with van der Waals surface area (Å²) in [6.45, 7) is 6.23. The van der Waals surface area contributed by atoms with Crippen LogP contribution in [0, 0.1) is 6.92 Å². The molecule has 0 radical (unpaired) electrons. The number of rotatable bonds is 7. The van der Waals surface area contributed by atoms with E-state index >= 15 is 0 Å². The van der Waals surface area contributed by atoms with Crippen LogP contribution in [0.5, 0.6) is 0 Å². The normalized spacial score (nSPS) is 26.8. The molecule has 0 spiro atoms. The Morgan fingerprint density at radius 1 is 1.36 bits per heavy atom. The van der Waals surface area contributed by atoms with E-state index in [4.69, 9.17) is 13.9 Å². The average molecular weight is 345 g/mol. The summed E-state index contributed by atoms with van der Waals surface area (Å²) >= 11 is 0. The third kappa shape index (κ3) is 3.97. The van der Waals surface area contributed by atoms with Crippen LogP contribution >= 0.6 is 0 Å². The Balaban J connectivity index is 1.31. The third-order valence-corrected chi connectivity index (χ3v) is 5.16. The zero-order valence-corrected chi connectivity index (χ0v) is 14.8. The number of furan rings is 1. The van der Waals surface area contributed by atoms with E-state index < -0.39 is 0 Å². The van der Waals surface area contributed by atoms with Crippen molar-refractivity contribution in [2.75, 3.05) is 19.8 Å². The quantitative estimate of drug-likeness (QED) is 0.722. The van der Waals surface area contributed by atoms with Crippen molar-refractivity contribution >= 4 is 0 Å². The second-order valence-electron chi connectivity index (χ2n) is 7.02. The van der Waals surface area contributed by atoms with Crippen molar-refractivity contribution in [1.82, 2.24) is 14.7 Å². The molecule has 0 N–H and O–H groups in total. The zero-order valence-electron chi connectivity index (χ0n) is 14.8. The molecule has 0 aromatic carbocycles. The van der Waals surface area contributed by atoms with E-state index in [0.29, 0.717) is 6.04 Å². The second-order valence-corrected chi connectivity index (χ2v) is 7.02. The molecule has 4 rings (SSSR count). The maximum Gasteiger partial charge on any atom is 0.118 e. The highest BCUT2D eigenvalue weighted by Gasteiger charge is 2.44. The number of hydrogen-bond donors (Lipinski definition) is 0. The molecular weight excluding hydrogens is 318 g/mol. The van der Waals surface area contributed by atoms with Gasteiger partial charge in [0.1, 0.15) is 17.6 Å². The molecule has 0 saturated carbocycles. The van der Waals surface area contributed by atoms with Gasteiger partial charge in [0.05, 0.1) is 12.6 Å². The van der Waals surface area contributed by atoms with Crippen LogP contribution in [0.1, 0.15) is 30.8 Å². The van der Waals surface area contributed by atoms with E-state index in [1.807, 2.05) is 36.1 Å². The molecule has 6 heteroatoms. The van der Waals surface area contributed by atoms with Crippen molar-refractivity contribution in [3.8, 4) is 0 Å². The van der Waals surface area contributed by atoms with E-state index in [-0.39, 0.29) is 12.2 Å². The van der Waals surface area contributed by atoms with Crippen molar-refractivity contribution in [3.63, 3.8) is 0 Å². The Kier molecular flexibility index (Phi) is 5.20. The van der Waals surface area contributed by atoms with Crippen molar-refractivity contribution in [3.05, 3.63) is 42.1 Å². The fourth-order valence-electron chi connectivity index (χ4n) is 4.00. The Morgan fingerprint density at radius 2 is 2.32 bits per heavy atom. The zero-order chi connectivity index (χ0) is 17.1. The summed E-state index contributed by atoms with van der Waals surface area (Å²) < 4.78 is 20.0. The molecule has 25 heavy (non-hydrogen) atoms. The van der Waals surface area contributed by atoms with E-state index in [0.717, 1.165) is 57.2 Å². The van der Waals surface area contributed by atoms with Crippen LogP contribution < -0.4 is 0 Å². The van der Waals surface area contributed by atoms with E-state index in [1.54, 1.807) is 0 Å². The van der Waals surface area contributed by atoms with Gasteiger partial charge in [-0.1, -0.05) is 0 Å². The minimum atomic E-state index is 0.152. The maximum atomic E-state index is 6.21. The van der Waals surface area contributed by atoms with Gasteiger partial charge in [-0.2, -0.15) is 5.10 Å². The Labute approximate surface area is 148 Å². The highest BCUT2D eigenvalue weighted by molar-refractivity contribution is 5.07. The fraction of sp³-hybridized carbons (Fsp3) is 0.632. The lowest BCUT2D eigenvalue weighted by Crippen LogP contribution is -2.41. The summed E-state index contributed by atoms with van der Waals surface area (Å²) in [7, 11) is 0. The number of hydrogen-bond acceptors (Lipinski definition) is 5. The summed E-state index contributed by atoms with van der Waals surface area (Å²) in [5, 5.41) is 4.23. The summed E-state index contributed by atoms with van der Waals surface area (Å²) in [4.78, 5) is 2.47. The van der Waals surface area contributed by atoms with Gasteiger partial charge in [0.15, 0.2) is 0 Å². The minimum absolute atomic E-state index is 0.152. The summed E-state index contributed by atoms with van der Waals surface area (Å²) in [6.07, 6.45) is 7.41. The van der Waals surface area contributed by atoms with Crippen LogP contribution in [0.2, 0.25) is 0 Å². The second kappa shape index (κ2) is 7.72. The topological polar surface area (TPSA) is 52.7 Å². The first-order valence-electron chi connectivity index (χ1n) is 9.29. The standard InChI is InChI=1S/C19H27N3O3/c1-15-6-7-16(25-15)13-21-14-18(19-17(21)5-2-11-24-19)23-12-4-10-22-9-3-8-20-22/h3,6-9,17-19H,2,4-5,10-14H2,1H3/t17-,18+,19+/m1/s1. The molecular formula is C19H27N3O3. The van der Waals surface area contributed by atoms with Gasteiger partial charge in [-0.15, -0.1) is 0 Å². The molecule has 136 valence electrons. The first-order valence-corrected chi connectivity index (χ1v) is 9.29. The Morgan fingerprint density at radius 3 is 3.12 bits per heavy atom. The molecule has 2 aliphatic rings. The molecule has 2 saturated heterocycles. The lowest BCUT2D eigenvalue weighted by Gasteiger charge is -2.32. The summed E-state index contributed by atoms with van der Waals surface area (Å²) in [5.74, 6) is 2.00. The van der Waals surface area contributed by atoms with Crippen LogP contribution in [-0.4, -0.2) is 52.7 Å². The predicted octanol–water partition coefficient (Wildman–Crippen LogP) is 2.62. The lowest BCUT2D eigenvalue weighted by atomic mass is 10.0. The SMILES string of the molecule is Cc1ccc(CN2C[C@H](OCCCn3cccn3)[C@H]3OCCC[C@H]32)o1. The van der Waals surface area contributed by atoms with Gasteiger partial charge in [-0.05, 0) is 44.4 Å². The smallest absolute Gasteiger partial charge is 0.118 e. The molecule has 2 aromatic heterocycles. The summed E-state index contributed by atoms with van der Waals surface area (Å²) in [5.41, 5.74) is 0. The van der Waals surface area contributed by atoms with Gasteiger partial charge >= 0.3 is 0 Å². The van der Waals surface area contributed by atoms with Gasteiger partial charge in [-0.25, -0.2) is 0 Å². The Bertz CT molecular complexity index is 655. The van der Waals surface area contributed by atoms with Gasteiger partial charge in [0.2, 0.25) is 0 Å². The lowest BCUT2D eigenvalue weighted by molar-refractivity contribution is -0.0781. The predicted molar refractivity (Wildman–Crippen MR) is 93.2 cm³/mol. The molecule has 0 unspecified atom stereocenters. The van der Waals surface area contributed by atoms with Gasteiger partial charge in [0.25, 0.3) is 0 Å². The highest BCUT2D eigenvalue weighted by Crippen LogP contribution is 2.32. The number of likely N-dealkylation sites (tertiary alicyclic amines) is 1. The number of fused-ring (bicyclic) bond motifs is 1. The first-order chi connectivity index (χ1) is 12.3. The number of aromatic nitrogens is 2. The maximum absolute atomic E-state index is 6.21. The van der Waals surface area contributed by atoms with Gasteiger partial charge in [0, 0.05) is 44.7 Å². The molecule has 3 atom stereocenters. The van der Waals surface area contributed by atoms with Crippen LogP contribution in [0.25, 0.3) is 0 Å². The van der Waals surface area contributed by atoms with Crippen LogP contribution in [0.15, 0.2) is 35.0 Å². The van der Waals surface area contributed by atoms with E-state index in [2.05, 4.69) is 16.1 Å². The van der Waals surface area contributed by atoms with Crippen LogP contribution in [0.4, 0.5) is 0 Å². The van der Waals surface area contributed by atoms with Crippen molar-refractivity contribution in [2.24, 2.45) is 0 Å². The van der Waals surface area contributed by atoms with Crippen molar-refractivity contribution < 1.29 is 13.9 Å². The van der Waals surface area contributed by atoms with E-state index in [1.165, 1.54) is 6.42 Å². The molecule has 2 aliphatic heterocycles. The fourth-order valence-corrected chi connectivity index (χ4v) is 4.00. The number of aryl methyl sites for hydroxylation is 2. The van der Waals surface area contributed by atoms with E-state index in [9.17, 15) is 0 Å². The average Bonchev–Trinajstić information content (AvgIpc) is 3.34. The van der Waals surface area contributed by atoms with Gasteiger partial charge < -0.3 is 13.9 Å². The van der Waals surface area contributed by atoms with Crippen molar-refractivity contribution in [1.29, 1.82) is 0 Å². The highest BCUT2D eigenvalue weighted by atomic mass is 16.5. The van der Waals surface area contributed by atoms with Crippen molar-refractivity contribution in [2.45, 2.75) is 57.5 Å². The number of ether oxygens (including phenoxy) is 2. The summed E-state index contributed by atoms with van der Waals surface area (Å²) in [6, 6.07) is 6.50. The van der Waals surface area contributed by atoms with Crippen LogP contribution in [0.3, 0.4) is 0 Å². The largest absolute Gasteiger partial charge is 0.465 e. The minimum Gasteiger partial charge on any atom is -0.465 e. The Hall–Kier alpha value is -1.63. The third-order valence-electron chi connectivity index (χ3n) is 5.16. The molecule has 2 fully saturated rings. The molecule has 2 aromatic rings. The molecule has 4 heterocycles. The molecule has 0 amide bonds.